The lowest BCUT2D eigenvalue weighted by atomic mass is 9.82. The van der Waals surface area contributed by atoms with Crippen molar-refractivity contribution in [3.63, 3.8) is 0 Å². The summed E-state index contributed by atoms with van der Waals surface area (Å²) in [5.74, 6) is -0.506. The maximum Gasteiger partial charge on any atom is 0.342 e. The molecule has 1 aliphatic rings. The first-order valence-electron chi connectivity index (χ1n) is 11.1. The Bertz CT molecular complexity index is 1180. The summed E-state index contributed by atoms with van der Waals surface area (Å²) in [6.45, 7) is 3.75. The lowest BCUT2D eigenvalue weighted by molar-refractivity contribution is -0.118. The number of nitrogens with one attached hydrogen (secondary N) is 2. The third kappa shape index (κ3) is 5.05. The maximum atomic E-state index is 13.4. The zero-order chi connectivity index (χ0) is 23.5. The quantitative estimate of drug-likeness (QED) is 0.492. The van der Waals surface area contributed by atoms with E-state index in [1.165, 1.54) is 22.9 Å². The van der Waals surface area contributed by atoms with Crippen LogP contribution < -0.4 is 10.6 Å². The Kier molecular flexibility index (Phi) is 6.44. The predicted octanol–water partition coefficient (Wildman–Crippen LogP) is 5.01. The number of phenolic OH excluding ortho intramolecular Hbond substituents is 1. The fourth-order valence-electron chi connectivity index (χ4n) is 3.70. The van der Waals surface area contributed by atoms with Crippen molar-refractivity contribution in [2.24, 2.45) is 5.92 Å². The Morgan fingerprint density at radius 2 is 1.97 bits per heavy atom. The van der Waals surface area contributed by atoms with Crippen LogP contribution in [0.25, 0.3) is 11.3 Å². The summed E-state index contributed by atoms with van der Waals surface area (Å²) in [4.78, 5) is 24.8. The highest BCUT2D eigenvalue weighted by Gasteiger charge is 2.27. The maximum absolute atomic E-state index is 13.4. The van der Waals surface area contributed by atoms with Crippen LogP contribution in [0.15, 0.2) is 48.5 Å². The van der Waals surface area contributed by atoms with E-state index in [2.05, 4.69) is 15.7 Å². The van der Waals surface area contributed by atoms with Crippen LogP contribution in [0.5, 0.6) is 5.75 Å². The number of rotatable bonds is 6. The number of anilines is 1. The number of hydrogen-bond donors (Lipinski definition) is 3. The van der Waals surface area contributed by atoms with Crippen molar-refractivity contribution in [1.82, 2.24) is 15.1 Å². The highest BCUT2D eigenvalue weighted by atomic mass is 19.1. The normalized spacial score (nSPS) is 13.6. The van der Waals surface area contributed by atoms with Crippen LogP contribution in [-0.4, -0.2) is 26.8 Å². The average Bonchev–Trinajstić information content (AvgIpc) is 3.15. The minimum absolute atomic E-state index is 0.0402. The second-order valence-electron chi connectivity index (χ2n) is 8.66. The minimum Gasteiger partial charge on any atom is -0.507 e. The van der Waals surface area contributed by atoms with E-state index in [4.69, 9.17) is 0 Å². The van der Waals surface area contributed by atoms with E-state index in [1.54, 1.807) is 38.1 Å². The van der Waals surface area contributed by atoms with Crippen molar-refractivity contribution in [2.45, 2.75) is 45.6 Å². The molecule has 2 aromatic carbocycles. The monoisotopic (exact) mass is 450 g/mol. The zero-order valence-electron chi connectivity index (χ0n) is 18.6. The van der Waals surface area contributed by atoms with Crippen LogP contribution in [0.3, 0.4) is 0 Å². The number of carbonyl (C=O) groups excluding carboxylic acids is 2. The summed E-state index contributed by atoms with van der Waals surface area (Å²) < 4.78 is 14.8. The number of benzene rings is 2. The molecule has 4 rings (SSSR count). The molecule has 3 N–H and O–H groups in total. The molecular weight excluding hydrogens is 423 g/mol. The molecule has 0 spiro atoms. The molecule has 3 aromatic rings. The Morgan fingerprint density at radius 3 is 2.61 bits per heavy atom. The molecule has 0 aliphatic heterocycles. The molecule has 8 heteroatoms. The fraction of sp³-hybridized carbons (Fsp3) is 0.320. The summed E-state index contributed by atoms with van der Waals surface area (Å²) in [5.41, 5.74) is 2.86. The van der Waals surface area contributed by atoms with Crippen LogP contribution in [0.1, 0.15) is 50.3 Å². The van der Waals surface area contributed by atoms with Crippen molar-refractivity contribution in [3.05, 3.63) is 65.6 Å². The summed E-state index contributed by atoms with van der Waals surface area (Å²) in [6.07, 6.45) is 3.02. The molecule has 1 aliphatic carbocycles. The molecule has 1 aromatic heterocycles. The van der Waals surface area contributed by atoms with E-state index in [-0.39, 0.29) is 35.9 Å². The average molecular weight is 451 g/mol. The first-order chi connectivity index (χ1) is 15.8. The van der Waals surface area contributed by atoms with Crippen LogP contribution in [0.4, 0.5) is 14.9 Å². The molecule has 1 fully saturated rings. The van der Waals surface area contributed by atoms with Crippen LogP contribution in [-0.2, 0) is 11.3 Å². The van der Waals surface area contributed by atoms with Gasteiger partial charge in [-0.2, -0.15) is 9.78 Å². The number of amides is 2. The topological polar surface area (TPSA) is 96.3 Å². The van der Waals surface area contributed by atoms with Gasteiger partial charge < -0.3 is 15.7 Å². The number of aromatic nitrogens is 2. The lowest BCUT2D eigenvalue weighted by Crippen LogP contribution is -2.31. The molecule has 1 saturated carbocycles. The van der Waals surface area contributed by atoms with Gasteiger partial charge >= 0.3 is 6.03 Å². The Morgan fingerprint density at radius 1 is 1.18 bits per heavy atom. The van der Waals surface area contributed by atoms with Gasteiger partial charge in [-0.25, -0.2) is 9.18 Å². The van der Waals surface area contributed by atoms with Gasteiger partial charge in [0.25, 0.3) is 0 Å². The Balaban J connectivity index is 1.57. The van der Waals surface area contributed by atoms with E-state index >= 15 is 0 Å². The van der Waals surface area contributed by atoms with Gasteiger partial charge in [-0.15, -0.1) is 0 Å². The van der Waals surface area contributed by atoms with Crippen LogP contribution in [0.2, 0.25) is 0 Å². The molecule has 2 amide bonds. The standard InChI is InChI=1S/C25H27FN4O3/c1-15(2)24(32)28-19-9-10-20(23(31)12-19)21-13-22(17-6-4-7-17)30(29-21)25(33)27-14-16-5-3-8-18(26)11-16/h3,5,8-13,15,17,31H,4,6-7,14H2,1-2H3,(H,27,33)(H,28,32). The molecule has 0 unspecified atom stereocenters. The van der Waals surface area contributed by atoms with Crippen molar-refractivity contribution < 1.29 is 19.1 Å². The SMILES string of the molecule is CC(C)C(=O)Nc1ccc(-c2cc(C3CCC3)n(C(=O)NCc3cccc(F)c3)n2)c(O)c1. The molecule has 33 heavy (non-hydrogen) atoms. The molecular formula is C25H27FN4O3. The van der Waals surface area contributed by atoms with E-state index in [1.807, 2.05) is 6.07 Å². The third-order valence-corrected chi connectivity index (χ3v) is 5.85. The van der Waals surface area contributed by atoms with Gasteiger partial charge in [-0.05, 0) is 48.7 Å². The summed E-state index contributed by atoms with van der Waals surface area (Å²) in [5, 5.41) is 20.6. The first kappa shape index (κ1) is 22.5. The third-order valence-electron chi connectivity index (χ3n) is 5.85. The summed E-state index contributed by atoms with van der Waals surface area (Å²) in [7, 11) is 0. The molecule has 0 bridgehead atoms. The second-order valence-corrected chi connectivity index (χ2v) is 8.66. The van der Waals surface area contributed by atoms with Crippen molar-refractivity contribution in [3.8, 4) is 17.0 Å². The first-order valence-corrected chi connectivity index (χ1v) is 11.1. The molecule has 0 radical (unpaired) electrons. The van der Waals surface area contributed by atoms with Crippen molar-refractivity contribution >= 4 is 17.6 Å². The Hall–Kier alpha value is -3.68. The van der Waals surface area contributed by atoms with E-state index in [0.717, 1.165) is 25.0 Å². The van der Waals surface area contributed by atoms with E-state index < -0.39 is 6.03 Å². The smallest absolute Gasteiger partial charge is 0.342 e. The number of hydrogen-bond acceptors (Lipinski definition) is 4. The van der Waals surface area contributed by atoms with Gasteiger partial charge in [-0.1, -0.05) is 32.4 Å². The van der Waals surface area contributed by atoms with Crippen LogP contribution >= 0.6 is 0 Å². The predicted molar refractivity (Wildman–Crippen MR) is 123 cm³/mol. The van der Waals surface area contributed by atoms with Gasteiger partial charge in [0.2, 0.25) is 5.91 Å². The molecule has 0 saturated heterocycles. The van der Waals surface area contributed by atoms with E-state index in [0.29, 0.717) is 22.5 Å². The fourth-order valence-corrected chi connectivity index (χ4v) is 3.70. The van der Waals surface area contributed by atoms with Gasteiger partial charge in [0.15, 0.2) is 0 Å². The molecule has 172 valence electrons. The number of carbonyl (C=O) groups is 2. The molecule has 1 heterocycles. The van der Waals surface area contributed by atoms with Crippen molar-refractivity contribution in [2.75, 3.05) is 5.32 Å². The van der Waals surface area contributed by atoms with Gasteiger partial charge in [0.1, 0.15) is 11.6 Å². The van der Waals surface area contributed by atoms with Crippen LogP contribution in [0, 0.1) is 11.7 Å². The minimum atomic E-state index is -0.410. The number of phenols is 1. The Labute approximate surface area is 191 Å². The largest absolute Gasteiger partial charge is 0.507 e. The number of halogens is 1. The summed E-state index contributed by atoms with van der Waals surface area (Å²) in [6, 6.07) is 12.3. The van der Waals surface area contributed by atoms with Crippen molar-refractivity contribution in [1.29, 1.82) is 0 Å². The molecule has 0 atom stereocenters. The van der Waals surface area contributed by atoms with Gasteiger partial charge in [0, 0.05) is 35.7 Å². The van der Waals surface area contributed by atoms with Gasteiger partial charge in [-0.3, -0.25) is 4.79 Å². The zero-order valence-corrected chi connectivity index (χ0v) is 18.6. The second kappa shape index (κ2) is 9.44. The molecule has 7 nitrogen and oxygen atoms in total. The summed E-state index contributed by atoms with van der Waals surface area (Å²) >= 11 is 0. The lowest BCUT2D eigenvalue weighted by Gasteiger charge is -2.25. The highest BCUT2D eigenvalue weighted by Crippen LogP contribution is 2.39. The highest BCUT2D eigenvalue weighted by molar-refractivity contribution is 5.92. The van der Waals surface area contributed by atoms with Gasteiger partial charge in [0.05, 0.1) is 11.4 Å². The van der Waals surface area contributed by atoms with E-state index in [9.17, 15) is 19.1 Å². The number of nitrogens with zero attached hydrogens (tertiary/aromatic N) is 2. The number of aromatic hydroxyl groups is 1.